The molecule has 7 heteroatoms. The van der Waals surface area contributed by atoms with Crippen molar-refractivity contribution < 1.29 is 9.59 Å². The summed E-state index contributed by atoms with van der Waals surface area (Å²) in [5, 5.41) is 6.33. The van der Waals surface area contributed by atoms with Crippen LogP contribution in [0.3, 0.4) is 0 Å². The number of thiazole rings is 1. The van der Waals surface area contributed by atoms with E-state index in [0.29, 0.717) is 15.7 Å². The first kappa shape index (κ1) is 21.3. The number of benzene rings is 1. The van der Waals surface area contributed by atoms with Crippen molar-refractivity contribution in [3.05, 3.63) is 39.4 Å². The Labute approximate surface area is 176 Å². The molecule has 3 amide bonds. The highest BCUT2D eigenvalue weighted by atomic mass is 32.1. The Morgan fingerprint density at radius 3 is 2.28 bits per heavy atom. The predicted molar refractivity (Wildman–Crippen MR) is 119 cm³/mol. The molecular formula is C22H30N4O2S. The Hall–Kier alpha value is -2.41. The molecule has 0 radical (unpaired) electrons. The molecule has 0 unspecified atom stereocenters. The van der Waals surface area contributed by atoms with Crippen molar-refractivity contribution in [1.29, 1.82) is 0 Å². The summed E-state index contributed by atoms with van der Waals surface area (Å²) in [5.74, 6) is -0.198. The molecule has 1 heterocycles. The average molecular weight is 415 g/mol. The van der Waals surface area contributed by atoms with Crippen LogP contribution in [-0.4, -0.2) is 34.9 Å². The van der Waals surface area contributed by atoms with Crippen molar-refractivity contribution in [2.45, 2.75) is 65.8 Å². The van der Waals surface area contributed by atoms with Crippen molar-refractivity contribution in [3.63, 3.8) is 0 Å². The third kappa shape index (κ3) is 4.96. The van der Waals surface area contributed by atoms with Crippen molar-refractivity contribution in [2.75, 3.05) is 17.7 Å². The van der Waals surface area contributed by atoms with Gasteiger partial charge in [0.1, 0.15) is 4.88 Å². The van der Waals surface area contributed by atoms with Crippen molar-refractivity contribution in [2.24, 2.45) is 0 Å². The van der Waals surface area contributed by atoms with Gasteiger partial charge in [-0.2, -0.15) is 0 Å². The predicted octanol–water partition coefficient (Wildman–Crippen LogP) is 5.43. The molecule has 1 aliphatic rings. The summed E-state index contributed by atoms with van der Waals surface area (Å²) in [6.45, 7) is 7.81. The molecule has 3 rings (SSSR count). The minimum absolute atomic E-state index is 0.164. The molecule has 0 saturated heterocycles. The minimum Gasteiger partial charge on any atom is -0.325 e. The molecular weight excluding hydrogens is 384 g/mol. The van der Waals surface area contributed by atoms with Gasteiger partial charge < -0.3 is 10.2 Å². The highest BCUT2D eigenvalue weighted by Crippen LogP contribution is 2.28. The van der Waals surface area contributed by atoms with E-state index < -0.39 is 0 Å². The maximum absolute atomic E-state index is 12.8. The van der Waals surface area contributed by atoms with Gasteiger partial charge in [-0.15, -0.1) is 0 Å². The van der Waals surface area contributed by atoms with E-state index in [0.717, 1.165) is 29.7 Å². The molecule has 1 aromatic heterocycles. The Balaban J connectivity index is 1.69. The lowest BCUT2D eigenvalue weighted by Crippen LogP contribution is -2.40. The van der Waals surface area contributed by atoms with E-state index in [-0.39, 0.29) is 18.0 Å². The number of hydrogen-bond donors (Lipinski definition) is 2. The van der Waals surface area contributed by atoms with Gasteiger partial charge in [-0.05, 0) is 51.7 Å². The molecule has 0 bridgehead atoms. The number of hydrogen-bond acceptors (Lipinski definition) is 4. The van der Waals surface area contributed by atoms with Crippen LogP contribution in [0.4, 0.5) is 15.6 Å². The van der Waals surface area contributed by atoms with Crippen LogP contribution in [0.1, 0.15) is 64.2 Å². The molecule has 1 saturated carbocycles. The molecule has 1 aromatic carbocycles. The van der Waals surface area contributed by atoms with Gasteiger partial charge in [-0.1, -0.05) is 48.3 Å². The van der Waals surface area contributed by atoms with Crippen molar-refractivity contribution in [3.8, 4) is 0 Å². The summed E-state index contributed by atoms with van der Waals surface area (Å²) in [7, 11) is 1.84. The van der Waals surface area contributed by atoms with Gasteiger partial charge in [-0.25, -0.2) is 9.78 Å². The molecule has 1 aliphatic carbocycles. The number of aryl methyl sites for hydroxylation is 4. The van der Waals surface area contributed by atoms with E-state index >= 15 is 0 Å². The van der Waals surface area contributed by atoms with Crippen LogP contribution in [0, 0.1) is 27.7 Å². The number of rotatable bonds is 4. The number of amides is 3. The van der Waals surface area contributed by atoms with Gasteiger partial charge in [0.15, 0.2) is 5.13 Å². The lowest BCUT2D eigenvalue weighted by Gasteiger charge is -2.30. The first-order chi connectivity index (χ1) is 13.8. The SMILES string of the molecule is Cc1cc(C)c(NC(=O)c2sc(NC(=O)N(C)C3CCCCC3)nc2C)c(C)c1. The second-order valence-electron chi connectivity index (χ2n) is 7.99. The first-order valence-corrected chi connectivity index (χ1v) is 11.0. The smallest absolute Gasteiger partial charge is 0.323 e. The van der Waals surface area contributed by atoms with Gasteiger partial charge in [0.05, 0.1) is 5.69 Å². The number of carbonyl (C=O) groups is 2. The minimum atomic E-state index is -0.198. The van der Waals surface area contributed by atoms with E-state index in [1.807, 2.05) is 27.8 Å². The molecule has 156 valence electrons. The zero-order valence-corrected chi connectivity index (χ0v) is 18.7. The van der Waals surface area contributed by atoms with Crippen LogP contribution in [0.2, 0.25) is 0 Å². The van der Waals surface area contributed by atoms with Crippen LogP contribution in [-0.2, 0) is 0 Å². The van der Waals surface area contributed by atoms with Crippen LogP contribution < -0.4 is 10.6 Å². The number of carbonyl (C=O) groups excluding carboxylic acids is 2. The first-order valence-electron chi connectivity index (χ1n) is 10.2. The van der Waals surface area contributed by atoms with Gasteiger partial charge in [0.25, 0.3) is 5.91 Å². The summed E-state index contributed by atoms with van der Waals surface area (Å²) >= 11 is 1.21. The van der Waals surface area contributed by atoms with E-state index in [2.05, 4.69) is 27.8 Å². The maximum Gasteiger partial charge on any atom is 0.323 e. The summed E-state index contributed by atoms with van der Waals surface area (Å²) in [6, 6.07) is 4.21. The molecule has 1 fully saturated rings. The fourth-order valence-corrected chi connectivity index (χ4v) is 4.87. The fraction of sp³-hybridized carbons (Fsp3) is 0.500. The lowest BCUT2D eigenvalue weighted by atomic mass is 9.95. The monoisotopic (exact) mass is 414 g/mol. The Bertz CT molecular complexity index is 893. The summed E-state index contributed by atoms with van der Waals surface area (Å²) < 4.78 is 0. The van der Waals surface area contributed by atoms with Gasteiger partial charge >= 0.3 is 6.03 Å². The average Bonchev–Trinajstić information content (AvgIpc) is 3.04. The molecule has 0 spiro atoms. The van der Waals surface area contributed by atoms with Gasteiger partial charge in [0, 0.05) is 18.8 Å². The Morgan fingerprint density at radius 2 is 1.66 bits per heavy atom. The lowest BCUT2D eigenvalue weighted by molar-refractivity contribution is 0.102. The summed E-state index contributed by atoms with van der Waals surface area (Å²) in [5.41, 5.74) is 4.67. The van der Waals surface area contributed by atoms with Crippen LogP contribution >= 0.6 is 11.3 Å². The topological polar surface area (TPSA) is 74.3 Å². The zero-order valence-electron chi connectivity index (χ0n) is 17.9. The van der Waals surface area contributed by atoms with Crippen molar-refractivity contribution >= 4 is 34.1 Å². The number of nitrogens with one attached hydrogen (secondary N) is 2. The Morgan fingerprint density at radius 1 is 1.03 bits per heavy atom. The second-order valence-corrected chi connectivity index (χ2v) is 8.99. The summed E-state index contributed by atoms with van der Waals surface area (Å²) in [6.07, 6.45) is 5.67. The maximum atomic E-state index is 12.8. The third-order valence-electron chi connectivity index (χ3n) is 5.58. The quantitative estimate of drug-likeness (QED) is 0.701. The van der Waals surface area contributed by atoms with Crippen LogP contribution in [0.15, 0.2) is 12.1 Å². The van der Waals surface area contributed by atoms with E-state index in [1.165, 1.54) is 36.2 Å². The van der Waals surface area contributed by atoms with Crippen LogP contribution in [0.25, 0.3) is 0 Å². The normalized spacial score (nSPS) is 14.5. The Kier molecular flexibility index (Phi) is 6.57. The van der Waals surface area contributed by atoms with Gasteiger partial charge in [-0.3, -0.25) is 10.1 Å². The standard InChI is InChI=1S/C22H30N4O2S/c1-13-11-14(2)18(15(3)12-13)24-20(27)19-16(4)23-21(29-19)25-22(28)26(5)17-9-7-6-8-10-17/h11-12,17H,6-10H2,1-5H3,(H,24,27)(H,23,25,28). The number of anilines is 2. The largest absolute Gasteiger partial charge is 0.325 e. The fourth-order valence-electron chi connectivity index (χ4n) is 4.02. The number of aromatic nitrogens is 1. The number of urea groups is 1. The van der Waals surface area contributed by atoms with E-state index in [1.54, 1.807) is 11.8 Å². The third-order valence-corrected chi connectivity index (χ3v) is 6.65. The molecule has 0 atom stereocenters. The van der Waals surface area contributed by atoms with Crippen LogP contribution in [0.5, 0.6) is 0 Å². The molecule has 2 aromatic rings. The zero-order chi connectivity index (χ0) is 21.1. The van der Waals surface area contributed by atoms with Gasteiger partial charge in [0.2, 0.25) is 0 Å². The number of nitrogens with zero attached hydrogens (tertiary/aromatic N) is 2. The second kappa shape index (κ2) is 8.95. The highest BCUT2D eigenvalue weighted by Gasteiger charge is 2.24. The van der Waals surface area contributed by atoms with Crippen molar-refractivity contribution in [1.82, 2.24) is 9.88 Å². The molecule has 6 nitrogen and oxygen atoms in total. The van der Waals surface area contributed by atoms with E-state index in [9.17, 15) is 9.59 Å². The summed E-state index contributed by atoms with van der Waals surface area (Å²) in [4.78, 5) is 32.1. The molecule has 2 N–H and O–H groups in total. The highest BCUT2D eigenvalue weighted by molar-refractivity contribution is 7.17. The molecule has 29 heavy (non-hydrogen) atoms. The molecule has 0 aliphatic heterocycles. The van der Waals surface area contributed by atoms with E-state index in [4.69, 9.17) is 0 Å².